The quantitative estimate of drug-likeness (QED) is 0.834. The molecule has 1 heterocycles. The van der Waals surface area contributed by atoms with Gasteiger partial charge in [-0.2, -0.15) is 0 Å². The van der Waals surface area contributed by atoms with Crippen LogP contribution in [0.3, 0.4) is 0 Å². The second kappa shape index (κ2) is 5.91. The third-order valence-corrected chi connectivity index (χ3v) is 3.80. The molecule has 0 bridgehead atoms. The molecule has 0 aliphatic carbocycles. The summed E-state index contributed by atoms with van der Waals surface area (Å²) in [6.07, 6.45) is 1.31. The number of nitrogens with zero attached hydrogens (tertiary/aromatic N) is 1. The van der Waals surface area contributed by atoms with Gasteiger partial charge in [-0.15, -0.1) is 11.3 Å². The number of halogens is 1. The molecule has 4 nitrogen and oxygen atoms in total. The Morgan fingerprint density at radius 3 is 2.93 bits per heavy atom. The highest BCUT2D eigenvalue weighted by Gasteiger charge is 2.31. The summed E-state index contributed by atoms with van der Waals surface area (Å²) in [6, 6.07) is 0. The number of aliphatic hydroxyl groups is 1. The molecule has 1 unspecified atom stereocenters. The first-order valence-corrected chi connectivity index (χ1v) is 6.32. The maximum atomic E-state index is 10.4. The second-order valence-electron chi connectivity index (χ2n) is 3.33. The lowest BCUT2D eigenvalue weighted by Gasteiger charge is -2.24. The van der Waals surface area contributed by atoms with Gasteiger partial charge >= 0.3 is 0 Å². The van der Waals surface area contributed by atoms with Crippen molar-refractivity contribution < 1.29 is 9.84 Å². The topological polar surface area (TPSA) is 68.4 Å². The van der Waals surface area contributed by atoms with E-state index in [2.05, 4.69) is 20.9 Å². The molecular weight excluding hydrogens is 280 g/mol. The molecule has 0 amide bonds. The Hall–Kier alpha value is -0.0100. The Balaban J connectivity index is 2.79. The van der Waals surface area contributed by atoms with E-state index in [-0.39, 0.29) is 6.61 Å². The molecule has 0 saturated heterocycles. The summed E-state index contributed by atoms with van der Waals surface area (Å²) >= 11 is 4.68. The second-order valence-corrected chi connectivity index (χ2v) is 5.00. The van der Waals surface area contributed by atoms with Crippen molar-refractivity contribution in [1.29, 1.82) is 0 Å². The van der Waals surface area contributed by atoms with Crippen LogP contribution in [0.5, 0.6) is 0 Å². The van der Waals surface area contributed by atoms with Gasteiger partial charge in [0.15, 0.2) is 0 Å². The fourth-order valence-electron chi connectivity index (χ4n) is 1.34. The molecule has 86 valence electrons. The van der Waals surface area contributed by atoms with Crippen LogP contribution in [-0.4, -0.2) is 30.4 Å². The highest BCUT2D eigenvalue weighted by molar-refractivity contribution is 9.10. The predicted octanol–water partition coefficient (Wildman–Crippen LogP) is 1.48. The third-order valence-electron chi connectivity index (χ3n) is 2.05. The summed E-state index contributed by atoms with van der Waals surface area (Å²) < 4.78 is 5.77. The number of methoxy groups -OCH3 is 1. The van der Waals surface area contributed by atoms with Crippen LogP contribution >= 0.6 is 27.3 Å². The molecule has 0 aromatic carbocycles. The summed E-state index contributed by atoms with van der Waals surface area (Å²) in [4.78, 5) is 4.22. The highest BCUT2D eigenvalue weighted by atomic mass is 79.9. The summed E-state index contributed by atoms with van der Waals surface area (Å²) in [5, 5.41) is 12.9. The molecule has 6 heteroatoms. The summed E-state index contributed by atoms with van der Waals surface area (Å²) in [5.41, 5.74) is 4.43. The lowest BCUT2D eigenvalue weighted by molar-refractivity contribution is -0.0431. The van der Waals surface area contributed by atoms with Gasteiger partial charge in [0.05, 0.1) is 6.61 Å². The molecule has 0 aliphatic heterocycles. The third kappa shape index (κ3) is 3.49. The Labute approximate surface area is 102 Å². The van der Waals surface area contributed by atoms with Crippen molar-refractivity contribution in [1.82, 2.24) is 4.98 Å². The molecule has 1 rings (SSSR count). The highest BCUT2D eigenvalue weighted by Crippen LogP contribution is 2.30. The van der Waals surface area contributed by atoms with Crippen molar-refractivity contribution in [2.75, 3.05) is 20.3 Å². The van der Waals surface area contributed by atoms with Gasteiger partial charge in [0.25, 0.3) is 0 Å². The van der Waals surface area contributed by atoms with Crippen LogP contribution < -0.4 is 5.73 Å². The number of hydrogen-bond acceptors (Lipinski definition) is 5. The molecule has 1 aromatic rings. The number of thiazole rings is 1. The molecule has 1 aromatic heterocycles. The molecule has 0 saturated carbocycles. The molecular formula is C9H15BrN2O2S. The van der Waals surface area contributed by atoms with Crippen molar-refractivity contribution in [3.05, 3.63) is 15.0 Å². The first-order chi connectivity index (χ1) is 7.12. The van der Waals surface area contributed by atoms with E-state index in [0.717, 1.165) is 11.0 Å². The smallest absolute Gasteiger partial charge is 0.139 e. The number of aromatic nitrogens is 1. The van der Waals surface area contributed by atoms with E-state index in [0.29, 0.717) is 18.0 Å². The molecule has 15 heavy (non-hydrogen) atoms. The van der Waals surface area contributed by atoms with E-state index in [1.807, 2.05) is 5.38 Å². The van der Waals surface area contributed by atoms with Crippen molar-refractivity contribution in [2.24, 2.45) is 5.73 Å². The average Bonchev–Trinajstić information content (AvgIpc) is 2.63. The summed E-state index contributed by atoms with van der Waals surface area (Å²) in [7, 11) is 1.57. The number of ether oxygens (including phenoxy) is 1. The maximum Gasteiger partial charge on any atom is 0.139 e. The van der Waals surface area contributed by atoms with E-state index in [1.165, 1.54) is 11.3 Å². The normalized spacial score (nSPS) is 15.2. The standard InChI is InChI=1S/C9H15BrN2O2S/c1-14-6-9(13,3-2-4-11)8-12-7(10)5-15-8/h5,13H,2-4,6,11H2,1H3. The molecule has 0 aliphatic rings. The van der Waals surface area contributed by atoms with Gasteiger partial charge < -0.3 is 15.6 Å². The van der Waals surface area contributed by atoms with Gasteiger partial charge in [0.1, 0.15) is 15.2 Å². The van der Waals surface area contributed by atoms with Gasteiger partial charge in [0.2, 0.25) is 0 Å². The monoisotopic (exact) mass is 294 g/mol. The minimum Gasteiger partial charge on any atom is -0.381 e. The first-order valence-electron chi connectivity index (χ1n) is 4.65. The maximum absolute atomic E-state index is 10.4. The van der Waals surface area contributed by atoms with E-state index in [9.17, 15) is 5.11 Å². The van der Waals surface area contributed by atoms with Crippen LogP contribution in [0.2, 0.25) is 0 Å². The van der Waals surface area contributed by atoms with E-state index in [1.54, 1.807) is 7.11 Å². The van der Waals surface area contributed by atoms with E-state index in [4.69, 9.17) is 10.5 Å². The van der Waals surface area contributed by atoms with Crippen molar-refractivity contribution in [3.63, 3.8) is 0 Å². The van der Waals surface area contributed by atoms with Crippen molar-refractivity contribution in [2.45, 2.75) is 18.4 Å². The van der Waals surface area contributed by atoms with Gasteiger partial charge in [-0.05, 0) is 35.3 Å². The van der Waals surface area contributed by atoms with E-state index < -0.39 is 5.60 Å². The molecule has 3 N–H and O–H groups in total. The summed E-state index contributed by atoms with van der Waals surface area (Å²) in [5.74, 6) is 0. The zero-order valence-corrected chi connectivity index (χ0v) is 11.0. The van der Waals surface area contributed by atoms with Crippen LogP contribution in [0, 0.1) is 0 Å². The van der Waals surface area contributed by atoms with Crippen LogP contribution in [0.25, 0.3) is 0 Å². The van der Waals surface area contributed by atoms with Crippen LogP contribution in [0.15, 0.2) is 9.98 Å². The Bertz CT molecular complexity index is 308. The largest absolute Gasteiger partial charge is 0.381 e. The number of hydrogen-bond donors (Lipinski definition) is 2. The Morgan fingerprint density at radius 1 is 1.73 bits per heavy atom. The van der Waals surface area contributed by atoms with Gasteiger partial charge in [-0.25, -0.2) is 4.98 Å². The first kappa shape index (κ1) is 13.1. The fraction of sp³-hybridized carbons (Fsp3) is 0.667. The van der Waals surface area contributed by atoms with Crippen molar-refractivity contribution in [3.8, 4) is 0 Å². The minimum absolute atomic E-state index is 0.243. The predicted molar refractivity (Wildman–Crippen MR) is 63.9 cm³/mol. The lowest BCUT2D eigenvalue weighted by Crippen LogP contribution is -2.31. The zero-order chi connectivity index (χ0) is 11.3. The van der Waals surface area contributed by atoms with Gasteiger partial charge in [0, 0.05) is 12.5 Å². The fourth-order valence-corrected chi connectivity index (χ4v) is 2.71. The Kier molecular flexibility index (Phi) is 5.14. The SMILES string of the molecule is COCC(O)(CCCN)c1nc(Br)cs1. The van der Waals surface area contributed by atoms with Crippen molar-refractivity contribution >= 4 is 27.3 Å². The minimum atomic E-state index is -1.01. The Morgan fingerprint density at radius 2 is 2.47 bits per heavy atom. The molecule has 0 spiro atoms. The average molecular weight is 295 g/mol. The molecule has 0 radical (unpaired) electrons. The summed E-state index contributed by atoms with van der Waals surface area (Å²) in [6.45, 7) is 0.797. The molecule has 1 atom stereocenters. The van der Waals surface area contributed by atoms with Crippen LogP contribution in [-0.2, 0) is 10.3 Å². The number of rotatable bonds is 6. The zero-order valence-electron chi connectivity index (χ0n) is 8.57. The number of nitrogens with two attached hydrogens (primary N) is 1. The van der Waals surface area contributed by atoms with Gasteiger partial charge in [-0.3, -0.25) is 0 Å². The van der Waals surface area contributed by atoms with Crippen LogP contribution in [0.1, 0.15) is 17.8 Å². The lowest BCUT2D eigenvalue weighted by atomic mass is 9.99. The molecule has 0 fully saturated rings. The van der Waals surface area contributed by atoms with Crippen LogP contribution in [0.4, 0.5) is 0 Å². The van der Waals surface area contributed by atoms with Gasteiger partial charge in [-0.1, -0.05) is 0 Å². The van der Waals surface area contributed by atoms with E-state index >= 15 is 0 Å².